The molecular formula is C16H16N2O2S. The molecule has 3 rings (SSSR count). The summed E-state index contributed by atoms with van der Waals surface area (Å²) >= 11 is 1.31. The van der Waals surface area contributed by atoms with Crippen molar-refractivity contribution < 1.29 is 9.59 Å². The van der Waals surface area contributed by atoms with Crippen molar-refractivity contribution in [2.24, 2.45) is 0 Å². The van der Waals surface area contributed by atoms with Crippen LogP contribution in [0.5, 0.6) is 0 Å². The van der Waals surface area contributed by atoms with Gasteiger partial charge >= 0.3 is 0 Å². The Morgan fingerprint density at radius 3 is 2.76 bits per heavy atom. The SMILES string of the molecule is CC(=O)Nc1ccc(C(=O)N2c3ccccc3C[C@@H]2C)s1. The number of benzene rings is 1. The molecule has 0 aliphatic carbocycles. The van der Waals surface area contributed by atoms with Gasteiger partial charge in [-0.3, -0.25) is 9.59 Å². The molecule has 2 aromatic rings. The lowest BCUT2D eigenvalue weighted by atomic mass is 10.1. The third-order valence-electron chi connectivity index (χ3n) is 3.54. The monoisotopic (exact) mass is 300 g/mol. The van der Waals surface area contributed by atoms with E-state index in [1.165, 1.54) is 23.8 Å². The number of nitrogens with zero attached hydrogens (tertiary/aromatic N) is 1. The minimum atomic E-state index is -0.129. The zero-order valence-electron chi connectivity index (χ0n) is 11.9. The first-order valence-corrected chi connectivity index (χ1v) is 7.67. The van der Waals surface area contributed by atoms with Crippen LogP contribution < -0.4 is 10.2 Å². The lowest BCUT2D eigenvalue weighted by Crippen LogP contribution is -2.35. The summed E-state index contributed by atoms with van der Waals surface area (Å²) < 4.78 is 0. The zero-order valence-corrected chi connectivity index (χ0v) is 12.7. The Balaban J connectivity index is 1.88. The Bertz CT molecular complexity index is 708. The quantitative estimate of drug-likeness (QED) is 0.925. The molecule has 21 heavy (non-hydrogen) atoms. The molecule has 1 aromatic carbocycles. The number of rotatable bonds is 2. The highest BCUT2D eigenvalue weighted by atomic mass is 32.1. The van der Waals surface area contributed by atoms with Gasteiger partial charge < -0.3 is 10.2 Å². The van der Waals surface area contributed by atoms with Gasteiger partial charge in [0.15, 0.2) is 0 Å². The molecule has 1 atom stereocenters. The molecule has 0 unspecified atom stereocenters. The molecule has 4 nitrogen and oxygen atoms in total. The zero-order chi connectivity index (χ0) is 15.0. The maximum absolute atomic E-state index is 12.7. The molecule has 2 heterocycles. The Morgan fingerprint density at radius 1 is 1.24 bits per heavy atom. The maximum atomic E-state index is 12.7. The van der Waals surface area contributed by atoms with Crippen LogP contribution in [0.25, 0.3) is 0 Å². The first-order valence-electron chi connectivity index (χ1n) is 6.85. The highest BCUT2D eigenvalue weighted by Gasteiger charge is 2.31. The summed E-state index contributed by atoms with van der Waals surface area (Å²) in [5.41, 5.74) is 2.20. The van der Waals surface area contributed by atoms with E-state index in [0.29, 0.717) is 9.88 Å². The largest absolute Gasteiger partial charge is 0.318 e. The number of hydrogen-bond donors (Lipinski definition) is 1. The van der Waals surface area contributed by atoms with E-state index in [2.05, 4.69) is 18.3 Å². The van der Waals surface area contributed by atoms with Crippen molar-refractivity contribution in [3.63, 3.8) is 0 Å². The predicted octanol–water partition coefficient (Wildman–Crippen LogP) is 3.30. The van der Waals surface area contributed by atoms with Gasteiger partial charge in [-0.1, -0.05) is 18.2 Å². The van der Waals surface area contributed by atoms with Crippen LogP contribution in [-0.4, -0.2) is 17.9 Å². The molecule has 0 saturated carbocycles. The van der Waals surface area contributed by atoms with Crippen LogP contribution in [0.15, 0.2) is 36.4 Å². The number of para-hydroxylation sites is 1. The van der Waals surface area contributed by atoms with E-state index in [9.17, 15) is 9.59 Å². The maximum Gasteiger partial charge on any atom is 0.268 e. The molecule has 1 aromatic heterocycles. The van der Waals surface area contributed by atoms with Gasteiger partial charge in [0.25, 0.3) is 5.91 Å². The van der Waals surface area contributed by atoms with Crippen molar-refractivity contribution in [2.45, 2.75) is 26.3 Å². The van der Waals surface area contributed by atoms with Gasteiger partial charge in [-0.05, 0) is 37.1 Å². The first-order chi connectivity index (χ1) is 10.1. The molecule has 0 spiro atoms. The molecule has 1 N–H and O–H groups in total. The summed E-state index contributed by atoms with van der Waals surface area (Å²) in [7, 11) is 0. The minimum absolute atomic E-state index is 0.00551. The fraction of sp³-hybridized carbons (Fsp3) is 0.250. The predicted molar refractivity (Wildman–Crippen MR) is 85.0 cm³/mol. The van der Waals surface area contributed by atoms with E-state index in [-0.39, 0.29) is 17.9 Å². The lowest BCUT2D eigenvalue weighted by Gasteiger charge is -2.21. The second-order valence-electron chi connectivity index (χ2n) is 5.20. The van der Waals surface area contributed by atoms with Crippen molar-refractivity contribution >= 4 is 33.8 Å². The van der Waals surface area contributed by atoms with Gasteiger partial charge in [0.2, 0.25) is 5.91 Å². The molecule has 108 valence electrons. The number of fused-ring (bicyclic) bond motifs is 1. The van der Waals surface area contributed by atoms with Crippen molar-refractivity contribution in [1.82, 2.24) is 0 Å². The molecule has 0 radical (unpaired) electrons. The van der Waals surface area contributed by atoms with Gasteiger partial charge in [0.05, 0.1) is 9.88 Å². The van der Waals surface area contributed by atoms with Crippen molar-refractivity contribution in [3.8, 4) is 0 Å². The van der Waals surface area contributed by atoms with Crippen LogP contribution >= 0.6 is 11.3 Å². The van der Waals surface area contributed by atoms with Crippen molar-refractivity contribution in [2.75, 3.05) is 10.2 Å². The van der Waals surface area contributed by atoms with Crippen molar-refractivity contribution in [1.29, 1.82) is 0 Å². The molecule has 0 fully saturated rings. The van der Waals surface area contributed by atoms with Crippen LogP contribution in [0.4, 0.5) is 10.7 Å². The number of amides is 2. The van der Waals surface area contributed by atoms with Gasteiger partial charge in [0, 0.05) is 18.7 Å². The molecular weight excluding hydrogens is 284 g/mol. The number of hydrogen-bond acceptors (Lipinski definition) is 3. The fourth-order valence-electron chi connectivity index (χ4n) is 2.69. The van der Waals surface area contributed by atoms with E-state index in [0.717, 1.165) is 12.1 Å². The first kappa shape index (κ1) is 13.8. The second-order valence-corrected chi connectivity index (χ2v) is 6.29. The molecule has 1 aliphatic heterocycles. The molecule has 5 heteroatoms. The Kier molecular flexibility index (Phi) is 3.51. The van der Waals surface area contributed by atoms with Crippen LogP contribution in [0, 0.1) is 0 Å². The number of nitrogens with one attached hydrogen (secondary N) is 1. The van der Waals surface area contributed by atoms with Crippen LogP contribution in [0.3, 0.4) is 0 Å². The summed E-state index contributed by atoms with van der Waals surface area (Å²) in [6.45, 7) is 3.51. The van der Waals surface area contributed by atoms with Crippen LogP contribution in [0.2, 0.25) is 0 Å². The van der Waals surface area contributed by atoms with E-state index in [1.807, 2.05) is 23.1 Å². The summed E-state index contributed by atoms with van der Waals surface area (Å²) in [5.74, 6) is -0.134. The average Bonchev–Trinajstić information content (AvgIpc) is 3.00. The number of anilines is 2. The van der Waals surface area contributed by atoms with E-state index in [4.69, 9.17) is 0 Å². The van der Waals surface area contributed by atoms with E-state index < -0.39 is 0 Å². The lowest BCUT2D eigenvalue weighted by molar-refractivity contribution is -0.114. The van der Waals surface area contributed by atoms with Crippen molar-refractivity contribution in [3.05, 3.63) is 46.8 Å². The molecule has 1 aliphatic rings. The van der Waals surface area contributed by atoms with Gasteiger partial charge in [-0.15, -0.1) is 11.3 Å². The number of carbonyl (C=O) groups excluding carboxylic acids is 2. The van der Waals surface area contributed by atoms with Crippen LogP contribution in [-0.2, 0) is 11.2 Å². The fourth-order valence-corrected chi connectivity index (χ4v) is 3.58. The molecule has 0 bridgehead atoms. The second kappa shape index (κ2) is 5.33. The highest BCUT2D eigenvalue weighted by Crippen LogP contribution is 2.34. The van der Waals surface area contributed by atoms with Gasteiger partial charge in [-0.25, -0.2) is 0 Å². The third kappa shape index (κ3) is 2.56. The highest BCUT2D eigenvalue weighted by molar-refractivity contribution is 7.18. The van der Waals surface area contributed by atoms with E-state index in [1.54, 1.807) is 12.1 Å². The normalized spacial score (nSPS) is 16.7. The standard InChI is InChI=1S/C16H16N2O2S/c1-10-9-12-5-3-4-6-13(12)18(10)16(20)14-7-8-15(21-14)17-11(2)19/h3-8,10H,9H2,1-2H3,(H,17,19)/t10-/m0/s1. The minimum Gasteiger partial charge on any atom is -0.318 e. The Labute approximate surface area is 127 Å². The molecule has 2 amide bonds. The Hall–Kier alpha value is -2.14. The summed E-state index contributed by atoms with van der Waals surface area (Å²) in [6, 6.07) is 11.7. The summed E-state index contributed by atoms with van der Waals surface area (Å²) in [5, 5.41) is 3.41. The smallest absolute Gasteiger partial charge is 0.268 e. The number of carbonyl (C=O) groups is 2. The topological polar surface area (TPSA) is 49.4 Å². The Morgan fingerprint density at radius 2 is 2.00 bits per heavy atom. The third-order valence-corrected chi connectivity index (χ3v) is 4.53. The summed E-state index contributed by atoms with van der Waals surface area (Å²) in [6.07, 6.45) is 0.881. The van der Waals surface area contributed by atoms with Gasteiger partial charge in [0.1, 0.15) is 0 Å². The number of thiophene rings is 1. The average molecular weight is 300 g/mol. The van der Waals surface area contributed by atoms with Gasteiger partial charge in [-0.2, -0.15) is 0 Å². The summed E-state index contributed by atoms with van der Waals surface area (Å²) in [4.78, 5) is 26.3. The van der Waals surface area contributed by atoms with Crippen LogP contribution in [0.1, 0.15) is 29.1 Å². The molecule has 0 saturated heterocycles. The van der Waals surface area contributed by atoms with E-state index >= 15 is 0 Å².